The van der Waals surface area contributed by atoms with Crippen molar-refractivity contribution < 1.29 is 13.9 Å². The molecule has 3 heterocycles. The molecule has 0 bridgehead atoms. The number of benzene rings is 1. The molecule has 1 saturated heterocycles. The van der Waals surface area contributed by atoms with Gasteiger partial charge in [0.15, 0.2) is 5.69 Å². The van der Waals surface area contributed by atoms with Gasteiger partial charge in [-0.1, -0.05) is 12.1 Å². The first kappa shape index (κ1) is 17.4. The number of halogens is 1. The van der Waals surface area contributed by atoms with E-state index < -0.39 is 11.3 Å². The zero-order chi connectivity index (χ0) is 19.0. The SMILES string of the molecule is Cn1c([C@@H]2CCCN2)nc(-c2ncc(Cc3ccc(F)cc3)o2)c(O)c1=O. The van der Waals surface area contributed by atoms with Crippen molar-refractivity contribution in [2.45, 2.75) is 25.3 Å². The minimum absolute atomic E-state index is 0.0344. The molecule has 0 amide bonds. The Morgan fingerprint density at radius 2 is 2.15 bits per heavy atom. The zero-order valence-corrected chi connectivity index (χ0v) is 14.8. The van der Waals surface area contributed by atoms with Gasteiger partial charge < -0.3 is 14.8 Å². The molecule has 1 aliphatic heterocycles. The molecular weight excluding hydrogens is 351 g/mol. The molecule has 27 heavy (non-hydrogen) atoms. The van der Waals surface area contributed by atoms with Gasteiger partial charge in [-0.15, -0.1) is 0 Å². The maximum absolute atomic E-state index is 13.0. The van der Waals surface area contributed by atoms with Crippen LogP contribution in [0.2, 0.25) is 0 Å². The molecule has 7 nitrogen and oxygen atoms in total. The average Bonchev–Trinajstić information content (AvgIpc) is 3.34. The van der Waals surface area contributed by atoms with Gasteiger partial charge >= 0.3 is 0 Å². The molecule has 1 fully saturated rings. The molecule has 0 spiro atoms. The molecule has 2 N–H and O–H groups in total. The van der Waals surface area contributed by atoms with Crippen molar-refractivity contribution in [3.05, 3.63) is 63.8 Å². The molecular formula is C19H19FN4O3. The van der Waals surface area contributed by atoms with Gasteiger partial charge in [0.2, 0.25) is 11.6 Å². The molecule has 1 atom stereocenters. The zero-order valence-electron chi connectivity index (χ0n) is 14.8. The second kappa shape index (κ2) is 6.96. The highest BCUT2D eigenvalue weighted by atomic mass is 19.1. The van der Waals surface area contributed by atoms with Gasteiger partial charge in [-0.2, -0.15) is 0 Å². The maximum Gasteiger partial charge on any atom is 0.296 e. The summed E-state index contributed by atoms with van der Waals surface area (Å²) in [5, 5.41) is 13.6. The first-order valence-electron chi connectivity index (χ1n) is 8.75. The van der Waals surface area contributed by atoms with Crippen molar-refractivity contribution >= 4 is 0 Å². The van der Waals surface area contributed by atoms with Crippen LogP contribution in [-0.4, -0.2) is 26.2 Å². The van der Waals surface area contributed by atoms with Crippen LogP contribution in [0.1, 0.15) is 36.0 Å². The van der Waals surface area contributed by atoms with Crippen LogP contribution in [0.5, 0.6) is 5.75 Å². The molecule has 0 saturated carbocycles. The molecule has 2 aromatic heterocycles. The smallest absolute Gasteiger partial charge is 0.296 e. The first-order valence-corrected chi connectivity index (χ1v) is 8.75. The summed E-state index contributed by atoms with van der Waals surface area (Å²) in [5.41, 5.74) is 0.352. The Morgan fingerprint density at radius 3 is 2.85 bits per heavy atom. The largest absolute Gasteiger partial charge is 0.501 e. The number of hydrogen-bond acceptors (Lipinski definition) is 6. The van der Waals surface area contributed by atoms with E-state index in [0.29, 0.717) is 18.0 Å². The molecule has 3 aromatic rings. The Hall–Kier alpha value is -3.00. The number of aromatic hydroxyl groups is 1. The van der Waals surface area contributed by atoms with E-state index in [2.05, 4.69) is 15.3 Å². The van der Waals surface area contributed by atoms with Gasteiger partial charge in [0, 0.05) is 13.5 Å². The van der Waals surface area contributed by atoms with Crippen LogP contribution in [-0.2, 0) is 13.5 Å². The van der Waals surface area contributed by atoms with Crippen LogP contribution >= 0.6 is 0 Å². The van der Waals surface area contributed by atoms with Crippen molar-refractivity contribution in [3.8, 4) is 17.3 Å². The van der Waals surface area contributed by atoms with E-state index in [9.17, 15) is 14.3 Å². The van der Waals surface area contributed by atoms with Gasteiger partial charge in [-0.05, 0) is 37.1 Å². The summed E-state index contributed by atoms with van der Waals surface area (Å²) < 4.78 is 20.1. The van der Waals surface area contributed by atoms with E-state index in [1.165, 1.54) is 22.9 Å². The summed E-state index contributed by atoms with van der Waals surface area (Å²) in [4.78, 5) is 21.0. The number of rotatable bonds is 4. The monoisotopic (exact) mass is 370 g/mol. The summed E-state index contributed by atoms with van der Waals surface area (Å²) in [6, 6.07) is 6.03. The second-order valence-electron chi connectivity index (χ2n) is 6.62. The lowest BCUT2D eigenvalue weighted by Crippen LogP contribution is -2.27. The highest BCUT2D eigenvalue weighted by Crippen LogP contribution is 2.28. The minimum atomic E-state index is -0.540. The van der Waals surface area contributed by atoms with E-state index in [-0.39, 0.29) is 23.4 Å². The number of aromatic nitrogens is 3. The lowest BCUT2D eigenvalue weighted by atomic mass is 10.1. The van der Waals surface area contributed by atoms with Crippen molar-refractivity contribution in [2.24, 2.45) is 7.05 Å². The van der Waals surface area contributed by atoms with Crippen LogP contribution in [0, 0.1) is 5.82 Å². The molecule has 4 rings (SSSR count). The van der Waals surface area contributed by atoms with Gasteiger partial charge in [0.1, 0.15) is 17.4 Å². The van der Waals surface area contributed by atoms with Crippen molar-refractivity contribution in [2.75, 3.05) is 6.54 Å². The third kappa shape index (κ3) is 3.35. The number of hydrogen-bond donors (Lipinski definition) is 2. The van der Waals surface area contributed by atoms with Gasteiger partial charge in [-0.3, -0.25) is 9.36 Å². The summed E-state index contributed by atoms with van der Waals surface area (Å²) in [7, 11) is 1.59. The highest BCUT2D eigenvalue weighted by molar-refractivity contribution is 5.56. The third-order valence-corrected chi connectivity index (χ3v) is 4.72. The average molecular weight is 370 g/mol. The summed E-state index contributed by atoms with van der Waals surface area (Å²) in [6.07, 6.45) is 3.80. The molecule has 1 aromatic carbocycles. The molecule has 1 aliphatic rings. The standard InChI is InChI=1S/C19H19FN4O3/c1-24-17(14-3-2-8-21-14)23-15(16(25)19(24)26)18-22-10-13(27-18)9-11-4-6-12(20)7-5-11/h4-7,10,14,21,25H,2-3,8-9H2,1H3/t14-/m0/s1. The maximum atomic E-state index is 13.0. The van der Waals surface area contributed by atoms with Gasteiger partial charge in [-0.25, -0.2) is 14.4 Å². The highest BCUT2D eigenvalue weighted by Gasteiger charge is 2.25. The second-order valence-corrected chi connectivity index (χ2v) is 6.62. The van der Waals surface area contributed by atoms with Gasteiger partial charge in [0.25, 0.3) is 5.56 Å². The quantitative estimate of drug-likeness (QED) is 0.732. The number of oxazole rings is 1. The van der Waals surface area contributed by atoms with Crippen molar-refractivity contribution in [1.82, 2.24) is 19.9 Å². The fourth-order valence-corrected chi connectivity index (χ4v) is 3.27. The predicted octanol–water partition coefficient (Wildman–Crippen LogP) is 2.30. The fraction of sp³-hybridized carbons (Fsp3) is 0.316. The van der Waals surface area contributed by atoms with Crippen molar-refractivity contribution in [1.29, 1.82) is 0 Å². The molecule has 0 unspecified atom stereocenters. The van der Waals surface area contributed by atoms with E-state index in [4.69, 9.17) is 4.42 Å². The Morgan fingerprint density at radius 1 is 1.37 bits per heavy atom. The Kier molecular flexibility index (Phi) is 4.49. The summed E-state index contributed by atoms with van der Waals surface area (Å²) in [6.45, 7) is 0.859. The lowest BCUT2D eigenvalue weighted by molar-refractivity contribution is 0.443. The Balaban J connectivity index is 1.68. The minimum Gasteiger partial charge on any atom is -0.501 e. The van der Waals surface area contributed by atoms with E-state index in [0.717, 1.165) is 24.9 Å². The fourth-order valence-electron chi connectivity index (χ4n) is 3.27. The number of nitrogens with zero attached hydrogens (tertiary/aromatic N) is 3. The lowest BCUT2D eigenvalue weighted by Gasteiger charge is -2.15. The molecule has 0 radical (unpaired) electrons. The Labute approximate surface area is 154 Å². The van der Waals surface area contributed by atoms with Crippen LogP contribution in [0.15, 0.2) is 39.7 Å². The topological polar surface area (TPSA) is 93.2 Å². The first-order chi connectivity index (χ1) is 13.0. The predicted molar refractivity (Wildman–Crippen MR) is 95.8 cm³/mol. The Bertz CT molecular complexity index is 1020. The normalized spacial score (nSPS) is 16.7. The van der Waals surface area contributed by atoms with E-state index >= 15 is 0 Å². The van der Waals surface area contributed by atoms with Gasteiger partial charge in [0.05, 0.1) is 12.2 Å². The van der Waals surface area contributed by atoms with E-state index in [1.807, 2.05) is 0 Å². The van der Waals surface area contributed by atoms with Crippen LogP contribution in [0.3, 0.4) is 0 Å². The summed E-state index contributed by atoms with van der Waals surface area (Å²) in [5.74, 6) is 0.359. The van der Waals surface area contributed by atoms with Crippen LogP contribution in [0.25, 0.3) is 11.6 Å². The summed E-state index contributed by atoms with van der Waals surface area (Å²) >= 11 is 0. The third-order valence-electron chi connectivity index (χ3n) is 4.72. The number of nitrogens with one attached hydrogen (secondary N) is 1. The van der Waals surface area contributed by atoms with Crippen LogP contribution in [0.4, 0.5) is 4.39 Å². The molecule has 0 aliphatic carbocycles. The van der Waals surface area contributed by atoms with Crippen LogP contribution < -0.4 is 10.9 Å². The molecule has 140 valence electrons. The van der Waals surface area contributed by atoms with E-state index in [1.54, 1.807) is 19.2 Å². The van der Waals surface area contributed by atoms with Crippen molar-refractivity contribution in [3.63, 3.8) is 0 Å². The molecule has 8 heteroatoms.